The van der Waals surface area contributed by atoms with Gasteiger partial charge < -0.3 is 14.6 Å². The largest absolute Gasteiger partial charge is 0.487 e. The molecule has 8 nitrogen and oxygen atoms in total. The summed E-state index contributed by atoms with van der Waals surface area (Å²) in [5.41, 5.74) is 1.05. The van der Waals surface area contributed by atoms with Crippen LogP contribution in [0.4, 0.5) is 11.4 Å². The van der Waals surface area contributed by atoms with Crippen molar-refractivity contribution in [3.63, 3.8) is 0 Å². The van der Waals surface area contributed by atoms with Crippen LogP contribution in [0.25, 0.3) is 5.69 Å². The lowest BCUT2D eigenvalue weighted by molar-refractivity contribution is -0.385. The van der Waals surface area contributed by atoms with Crippen LogP contribution in [0.5, 0.6) is 5.75 Å². The molecule has 0 fully saturated rings. The number of aromatic nitrogens is 2. The number of halogens is 1. The summed E-state index contributed by atoms with van der Waals surface area (Å²) in [4.78, 5) is 27.0. The van der Waals surface area contributed by atoms with Gasteiger partial charge in [0.2, 0.25) is 0 Å². The number of anilines is 1. The van der Waals surface area contributed by atoms with Crippen molar-refractivity contribution in [2.24, 2.45) is 0 Å². The molecule has 1 heterocycles. The summed E-state index contributed by atoms with van der Waals surface area (Å²) < 4.78 is 6.96. The molecule has 0 spiro atoms. The van der Waals surface area contributed by atoms with Crippen LogP contribution in [0.15, 0.2) is 55.1 Å². The van der Waals surface area contributed by atoms with Gasteiger partial charge in [-0.3, -0.25) is 14.9 Å². The van der Waals surface area contributed by atoms with Gasteiger partial charge in [0, 0.05) is 29.7 Å². The molecule has 27 heavy (non-hydrogen) atoms. The number of nitro groups is 1. The third-order valence-corrected chi connectivity index (χ3v) is 4.01. The van der Waals surface area contributed by atoms with Crippen LogP contribution in [0, 0.1) is 10.1 Å². The number of carbonyl (C=O) groups is 1. The van der Waals surface area contributed by atoms with Gasteiger partial charge in [0.15, 0.2) is 5.75 Å². The molecular weight excluding hydrogens is 372 g/mol. The molecule has 1 N–H and O–H groups in total. The average Bonchev–Trinajstić information content (AvgIpc) is 3.16. The van der Waals surface area contributed by atoms with Crippen LogP contribution in [0.2, 0.25) is 5.02 Å². The number of carbonyl (C=O) groups excluding carboxylic acids is 1. The molecule has 0 radical (unpaired) electrons. The number of imidazole rings is 1. The van der Waals surface area contributed by atoms with Crippen molar-refractivity contribution in [3.8, 4) is 11.4 Å². The fraction of sp³-hybridized carbons (Fsp3) is 0.111. The minimum absolute atomic E-state index is 0.117. The van der Waals surface area contributed by atoms with Gasteiger partial charge in [0.05, 0.1) is 28.6 Å². The maximum Gasteiger partial charge on any atom is 0.311 e. The van der Waals surface area contributed by atoms with Crippen LogP contribution < -0.4 is 10.1 Å². The molecule has 1 aromatic heterocycles. The minimum atomic E-state index is -0.585. The van der Waals surface area contributed by atoms with Crippen molar-refractivity contribution in [2.75, 3.05) is 11.9 Å². The first kappa shape index (κ1) is 18.4. The molecule has 0 bridgehead atoms. The molecule has 0 atom stereocenters. The van der Waals surface area contributed by atoms with Crippen LogP contribution in [0.1, 0.15) is 17.3 Å². The molecular formula is C18H15ClN4O4. The number of amides is 1. The molecule has 0 unspecified atom stereocenters. The number of nitro benzene ring substituents is 1. The number of nitrogens with zero attached hydrogens (tertiary/aromatic N) is 3. The predicted octanol–water partition coefficient (Wildman–Crippen LogP) is 4.08. The Balaban J connectivity index is 1.82. The van der Waals surface area contributed by atoms with E-state index in [4.69, 9.17) is 16.3 Å². The summed E-state index contributed by atoms with van der Waals surface area (Å²) in [6.07, 6.45) is 4.99. The van der Waals surface area contributed by atoms with Gasteiger partial charge in [-0.1, -0.05) is 11.6 Å². The van der Waals surface area contributed by atoms with Crippen molar-refractivity contribution in [3.05, 3.63) is 75.8 Å². The van der Waals surface area contributed by atoms with E-state index in [0.29, 0.717) is 16.4 Å². The third kappa shape index (κ3) is 4.06. The molecule has 0 saturated heterocycles. The maximum atomic E-state index is 12.5. The lowest BCUT2D eigenvalue weighted by atomic mass is 10.1. The summed E-state index contributed by atoms with van der Waals surface area (Å²) in [5, 5.41) is 14.3. The summed E-state index contributed by atoms with van der Waals surface area (Å²) in [5.74, 6) is -0.376. The quantitative estimate of drug-likeness (QED) is 0.508. The van der Waals surface area contributed by atoms with Gasteiger partial charge in [-0.25, -0.2) is 4.98 Å². The topological polar surface area (TPSA) is 99.3 Å². The second kappa shape index (κ2) is 7.88. The highest BCUT2D eigenvalue weighted by Crippen LogP contribution is 2.29. The second-order valence-electron chi connectivity index (χ2n) is 5.46. The zero-order valence-corrected chi connectivity index (χ0v) is 15.0. The SMILES string of the molecule is CCOc1ccc(C(=O)Nc2ccc(-n3ccnc3)c(Cl)c2)cc1[N+](=O)[O-]. The number of hydrogen-bond acceptors (Lipinski definition) is 5. The molecule has 0 saturated carbocycles. The first-order valence-electron chi connectivity index (χ1n) is 8.00. The third-order valence-electron chi connectivity index (χ3n) is 3.71. The van der Waals surface area contributed by atoms with Crippen molar-refractivity contribution in [1.29, 1.82) is 0 Å². The van der Waals surface area contributed by atoms with E-state index < -0.39 is 10.8 Å². The summed E-state index contributed by atoms with van der Waals surface area (Å²) in [7, 11) is 0. The zero-order valence-electron chi connectivity index (χ0n) is 14.3. The van der Waals surface area contributed by atoms with Gasteiger partial charge in [0.25, 0.3) is 5.91 Å². The fourth-order valence-corrected chi connectivity index (χ4v) is 2.76. The Morgan fingerprint density at radius 2 is 2.15 bits per heavy atom. The van der Waals surface area contributed by atoms with Gasteiger partial charge >= 0.3 is 5.69 Å². The summed E-state index contributed by atoms with van der Waals surface area (Å²) in [6, 6.07) is 9.07. The smallest absolute Gasteiger partial charge is 0.311 e. The lowest BCUT2D eigenvalue weighted by Crippen LogP contribution is -2.12. The van der Waals surface area contributed by atoms with E-state index in [9.17, 15) is 14.9 Å². The Morgan fingerprint density at radius 1 is 1.33 bits per heavy atom. The molecule has 0 aliphatic carbocycles. The number of hydrogen-bond donors (Lipinski definition) is 1. The molecule has 1 amide bonds. The normalized spacial score (nSPS) is 10.4. The first-order chi connectivity index (χ1) is 13.0. The maximum absolute atomic E-state index is 12.5. The van der Waals surface area contributed by atoms with Crippen molar-refractivity contribution in [2.45, 2.75) is 6.92 Å². The zero-order chi connectivity index (χ0) is 19.4. The fourth-order valence-electron chi connectivity index (χ4n) is 2.48. The lowest BCUT2D eigenvalue weighted by Gasteiger charge is -2.10. The van der Waals surface area contributed by atoms with E-state index in [1.807, 2.05) is 0 Å². The summed E-state index contributed by atoms with van der Waals surface area (Å²) >= 11 is 6.27. The van der Waals surface area contributed by atoms with E-state index in [2.05, 4.69) is 10.3 Å². The molecule has 3 aromatic rings. The van der Waals surface area contributed by atoms with Gasteiger partial charge in [0.1, 0.15) is 0 Å². The number of benzene rings is 2. The summed E-state index contributed by atoms with van der Waals surface area (Å²) in [6.45, 7) is 2.01. The molecule has 3 rings (SSSR count). The van der Waals surface area contributed by atoms with Gasteiger partial charge in [-0.05, 0) is 37.3 Å². The van der Waals surface area contributed by atoms with Gasteiger partial charge in [-0.2, -0.15) is 0 Å². The van der Waals surface area contributed by atoms with Crippen LogP contribution in [0.3, 0.4) is 0 Å². The second-order valence-corrected chi connectivity index (χ2v) is 5.87. The van der Waals surface area contributed by atoms with E-state index in [1.165, 1.54) is 18.2 Å². The minimum Gasteiger partial charge on any atom is -0.487 e. The van der Waals surface area contributed by atoms with E-state index >= 15 is 0 Å². The van der Waals surface area contributed by atoms with Crippen LogP contribution in [-0.2, 0) is 0 Å². The Morgan fingerprint density at radius 3 is 2.78 bits per heavy atom. The van der Waals surface area contributed by atoms with Crippen molar-refractivity contribution >= 4 is 28.9 Å². The van der Waals surface area contributed by atoms with E-state index in [1.54, 1.807) is 48.4 Å². The number of rotatable bonds is 6. The van der Waals surface area contributed by atoms with E-state index in [0.717, 1.165) is 0 Å². The first-order valence-corrected chi connectivity index (χ1v) is 8.38. The number of ether oxygens (including phenoxy) is 1. The van der Waals surface area contributed by atoms with Gasteiger partial charge in [-0.15, -0.1) is 0 Å². The predicted molar refractivity (Wildman–Crippen MR) is 101 cm³/mol. The van der Waals surface area contributed by atoms with Crippen LogP contribution >= 0.6 is 11.6 Å². The number of nitrogens with one attached hydrogen (secondary N) is 1. The molecule has 2 aromatic carbocycles. The molecule has 0 aliphatic rings. The van der Waals surface area contributed by atoms with E-state index in [-0.39, 0.29) is 23.6 Å². The Bertz CT molecular complexity index is 989. The Labute approximate surface area is 159 Å². The highest BCUT2D eigenvalue weighted by atomic mass is 35.5. The molecule has 9 heteroatoms. The molecule has 0 aliphatic heterocycles. The standard InChI is InChI=1S/C18H15ClN4O4/c1-2-27-17-6-3-12(9-16(17)23(25)26)18(24)21-13-4-5-15(14(19)10-13)22-8-7-20-11-22/h3-11H,2H2,1H3,(H,21,24). The monoisotopic (exact) mass is 386 g/mol. The van der Waals surface area contributed by atoms with Crippen LogP contribution in [-0.4, -0.2) is 27.0 Å². The highest BCUT2D eigenvalue weighted by molar-refractivity contribution is 6.32. The van der Waals surface area contributed by atoms with Crippen molar-refractivity contribution < 1.29 is 14.5 Å². The average molecular weight is 387 g/mol. The highest BCUT2D eigenvalue weighted by Gasteiger charge is 2.19. The molecule has 138 valence electrons. The Hall–Kier alpha value is -3.39. The van der Waals surface area contributed by atoms with Crippen molar-refractivity contribution in [1.82, 2.24) is 9.55 Å². The Kier molecular flexibility index (Phi) is 5.37.